The fourth-order valence-corrected chi connectivity index (χ4v) is 2.34. The van der Waals surface area contributed by atoms with Crippen LogP contribution in [0.25, 0.3) is 5.57 Å². The zero-order chi connectivity index (χ0) is 18.1. The van der Waals surface area contributed by atoms with Gasteiger partial charge < -0.3 is 19.5 Å². The number of hydrogen-bond donors (Lipinski definition) is 1. The van der Waals surface area contributed by atoms with Crippen molar-refractivity contribution in [2.45, 2.75) is 26.4 Å². The molecule has 1 aromatic rings. The van der Waals surface area contributed by atoms with Gasteiger partial charge >= 0.3 is 5.97 Å². The molecular weight excluding hydrogens is 310 g/mol. The number of allylic oxidation sites excluding steroid dienone is 1. The molecule has 0 saturated carbocycles. The maximum Gasteiger partial charge on any atom is 0.335 e. The quantitative estimate of drug-likeness (QED) is 0.523. The molecule has 1 N–H and O–H groups in total. The smallest absolute Gasteiger partial charge is 0.335 e. The Balaban J connectivity index is 2.36. The molecule has 0 radical (unpaired) electrons. The van der Waals surface area contributed by atoms with Crippen molar-refractivity contribution in [2.75, 3.05) is 19.1 Å². The first-order chi connectivity index (χ1) is 11.1. The summed E-state index contributed by atoms with van der Waals surface area (Å²) in [5.41, 5.74) is 0.955. The lowest BCUT2D eigenvalue weighted by Gasteiger charge is -2.17. The molecule has 6 nitrogen and oxygen atoms in total. The van der Waals surface area contributed by atoms with Crippen LogP contribution in [0.5, 0.6) is 5.75 Å². The third kappa shape index (κ3) is 3.76. The number of amides is 1. The van der Waals surface area contributed by atoms with Crippen LogP contribution in [0.4, 0.5) is 5.69 Å². The van der Waals surface area contributed by atoms with E-state index < -0.39 is 11.6 Å². The second-order valence-corrected chi connectivity index (χ2v) is 6.41. The Morgan fingerprint density at radius 1 is 1.29 bits per heavy atom. The third-order valence-electron chi connectivity index (χ3n) is 3.36. The molecule has 0 spiro atoms. The molecule has 0 aromatic heterocycles. The number of carbonyl (C=O) groups is 2. The highest BCUT2D eigenvalue weighted by molar-refractivity contribution is 6.32. The van der Waals surface area contributed by atoms with Gasteiger partial charge in [-0.25, -0.2) is 4.79 Å². The summed E-state index contributed by atoms with van der Waals surface area (Å²) in [6.07, 6.45) is 2.21. The number of hydrogen-bond acceptors (Lipinski definition) is 5. The molecule has 0 atom stereocenters. The molecule has 1 heterocycles. The van der Waals surface area contributed by atoms with Crippen LogP contribution >= 0.6 is 0 Å². The van der Waals surface area contributed by atoms with Crippen molar-refractivity contribution in [2.24, 2.45) is 0 Å². The maximum atomic E-state index is 12.4. The molecule has 0 saturated heterocycles. The van der Waals surface area contributed by atoms with Gasteiger partial charge in [-0.15, -0.1) is 0 Å². The van der Waals surface area contributed by atoms with Crippen molar-refractivity contribution < 1.29 is 24.2 Å². The minimum atomic E-state index is -0.679. The van der Waals surface area contributed by atoms with E-state index in [1.54, 1.807) is 46.0 Å². The fraction of sp³-hybridized carbons (Fsp3) is 0.333. The van der Waals surface area contributed by atoms with E-state index in [0.717, 1.165) is 6.08 Å². The summed E-state index contributed by atoms with van der Waals surface area (Å²) in [4.78, 5) is 25.6. The van der Waals surface area contributed by atoms with Gasteiger partial charge in [-0.05, 0) is 45.0 Å². The molecule has 2 rings (SSSR count). The van der Waals surface area contributed by atoms with Crippen molar-refractivity contribution >= 4 is 23.1 Å². The van der Waals surface area contributed by atoms with Gasteiger partial charge in [0, 0.05) is 12.6 Å². The van der Waals surface area contributed by atoms with Crippen LogP contribution in [0.3, 0.4) is 0 Å². The van der Waals surface area contributed by atoms with E-state index in [4.69, 9.17) is 9.47 Å². The number of ether oxygens (including phenoxy) is 2. The highest BCUT2D eigenvalue weighted by atomic mass is 16.6. The van der Waals surface area contributed by atoms with Crippen LogP contribution in [0, 0.1) is 0 Å². The second kappa shape index (κ2) is 6.39. The van der Waals surface area contributed by atoms with Gasteiger partial charge in [-0.1, -0.05) is 0 Å². The molecule has 1 aromatic carbocycles. The van der Waals surface area contributed by atoms with Crippen molar-refractivity contribution in [1.29, 1.82) is 0 Å². The van der Waals surface area contributed by atoms with Gasteiger partial charge in [0.15, 0.2) is 0 Å². The molecule has 128 valence electrons. The Hall–Kier alpha value is -2.76. The summed E-state index contributed by atoms with van der Waals surface area (Å²) in [6, 6.07) is 5.23. The normalized spacial score (nSPS) is 16.4. The number of benzene rings is 1. The molecule has 1 aliphatic heterocycles. The Bertz CT molecular complexity index is 740. The first-order valence-corrected chi connectivity index (χ1v) is 7.44. The lowest BCUT2D eigenvalue weighted by atomic mass is 10.1. The van der Waals surface area contributed by atoms with Gasteiger partial charge in [-0.3, -0.25) is 4.79 Å². The number of likely N-dealkylation sites (N-methyl/N-ethyl adjacent to an activating group) is 1. The minimum Gasteiger partial charge on any atom is -0.508 e. The number of aliphatic hydroxyl groups excluding tert-OH is 1. The summed E-state index contributed by atoms with van der Waals surface area (Å²) < 4.78 is 10.3. The lowest BCUT2D eigenvalue weighted by molar-refractivity contribution is -0.148. The number of aliphatic hydroxyl groups is 1. The number of rotatable bonds is 3. The van der Waals surface area contributed by atoms with Crippen LogP contribution in [0.2, 0.25) is 0 Å². The topological polar surface area (TPSA) is 76.1 Å². The van der Waals surface area contributed by atoms with E-state index >= 15 is 0 Å². The van der Waals surface area contributed by atoms with Crippen LogP contribution in [-0.4, -0.2) is 36.7 Å². The van der Waals surface area contributed by atoms with Gasteiger partial charge in [0.25, 0.3) is 5.91 Å². The number of esters is 1. The largest absolute Gasteiger partial charge is 0.508 e. The summed E-state index contributed by atoms with van der Waals surface area (Å²) in [5, 5.41) is 10.0. The first-order valence-electron chi connectivity index (χ1n) is 7.44. The molecule has 6 heteroatoms. The van der Waals surface area contributed by atoms with E-state index in [9.17, 15) is 14.7 Å². The predicted molar refractivity (Wildman–Crippen MR) is 90.9 cm³/mol. The molecule has 0 aliphatic carbocycles. The summed E-state index contributed by atoms with van der Waals surface area (Å²) in [7, 11) is 3.18. The van der Waals surface area contributed by atoms with Crippen LogP contribution in [-0.2, 0) is 14.3 Å². The Kier molecular flexibility index (Phi) is 4.68. The van der Waals surface area contributed by atoms with Gasteiger partial charge in [0.05, 0.1) is 24.4 Å². The van der Waals surface area contributed by atoms with Gasteiger partial charge in [0.1, 0.15) is 17.1 Å². The fourth-order valence-electron chi connectivity index (χ4n) is 2.34. The summed E-state index contributed by atoms with van der Waals surface area (Å²) in [6.45, 7) is 5.19. The molecule has 0 unspecified atom stereocenters. The van der Waals surface area contributed by atoms with E-state index in [1.165, 1.54) is 18.1 Å². The monoisotopic (exact) mass is 331 g/mol. The average molecular weight is 331 g/mol. The Morgan fingerprint density at radius 2 is 1.96 bits per heavy atom. The lowest BCUT2D eigenvalue weighted by Crippen LogP contribution is -2.22. The molecule has 1 aliphatic rings. The molecule has 0 fully saturated rings. The van der Waals surface area contributed by atoms with E-state index in [-0.39, 0.29) is 17.2 Å². The van der Waals surface area contributed by atoms with Crippen molar-refractivity contribution in [3.8, 4) is 5.75 Å². The number of carbonyl (C=O) groups excluding carboxylic acids is 2. The molecule has 1 amide bonds. The average Bonchev–Trinajstić information content (AvgIpc) is 2.69. The first kappa shape index (κ1) is 17.6. The molecular formula is C18H21NO5. The highest BCUT2D eigenvalue weighted by Crippen LogP contribution is 2.38. The number of fused-ring (bicyclic) bond motifs is 1. The summed E-state index contributed by atoms with van der Waals surface area (Å²) in [5.74, 6) is -0.709. The van der Waals surface area contributed by atoms with Crippen molar-refractivity contribution in [1.82, 2.24) is 0 Å². The zero-order valence-corrected chi connectivity index (χ0v) is 14.4. The zero-order valence-electron chi connectivity index (χ0n) is 14.4. The summed E-state index contributed by atoms with van der Waals surface area (Å²) >= 11 is 0. The molecule has 24 heavy (non-hydrogen) atoms. The molecule has 0 bridgehead atoms. The second-order valence-electron chi connectivity index (χ2n) is 6.41. The number of methoxy groups -OCH3 is 1. The SMILES string of the molecule is COc1ccc2c(c1)/C(=C\C(O)=C\C(=O)OC(C)(C)C)C(=O)N2C. The van der Waals surface area contributed by atoms with Gasteiger partial charge in [0.2, 0.25) is 0 Å². The van der Waals surface area contributed by atoms with Crippen molar-refractivity contribution in [3.05, 3.63) is 41.7 Å². The van der Waals surface area contributed by atoms with Crippen molar-refractivity contribution in [3.63, 3.8) is 0 Å². The highest BCUT2D eigenvalue weighted by Gasteiger charge is 2.30. The van der Waals surface area contributed by atoms with E-state index in [2.05, 4.69) is 0 Å². The third-order valence-corrected chi connectivity index (χ3v) is 3.36. The Morgan fingerprint density at radius 3 is 2.54 bits per heavy atom. The Labute approximate surface area is 141 Å². The van der Waals surface area contributed by atoms with E-state index in [1.807, 2.05) is 0 Å². The van der Waals surface area contributed by atoms with Crippen LogP contribution in [0.15, 0.2) is 36.1 Å². The predicted octanol–water partition coefficient (Wildman–Crippen LogP) is 2.84. The number of nitrogens with zero attached hydrogens (tertiary/aromatic N) is 1. The van der Waals surface area contributed by atoms with E-state index in [0.29, 0.717) is 17.0 Å². The van der Waals surface area contributed by atoms with Crippen LogP contribution < -0.4 is 9.64 Å². The maximum absolute atomic E-state index is 12.4. The van der Waals surface area contributed by atoms with Crippen LogP contribution in [0.1, 0.15) is 26.3 Å². The number of anilines is 1. The standard InChI is InChI=1S/C18H21NO5/c1-18(2,3)24-16(21)9-11(20)8-14-13-10-12(23-5)6-7-15(13)19(4)17(14)22/h6-10,20H,1-5H3/b11-9-,14-8+. The minimum absolute atomic E-state index is 0.276. The van der Waals surface area contributed by atoms with Gasteiger partial charge in [-0.2, -0.15) is 0 Å².